The molecule has 0 aromatic carbocycles. The summed E-state index contributed by atoms with van der Waals surface area (Å²) in [5.41, 5.74) is 0. The Labute approximate surface area is 48.4 Å². The Bertz CT molecular complexity index is 141. The van der Waals surface area contributed by atoms with Gasteiger partial charge in [-0.3, -0.25) is 4.79 Å². The van der Waals surface area contributed by atoms with Crippen molar-refractivity contribution >= 4 is 5.78 Å². The fourth-order valence-electron chi connectivity index (χ4n) is 0.248. The Kier molecular flexibility index (Phi) is 3.51. The first-order valence-corrected chi connectivity index (χ1v) is 2.40. The Morgan fingerprint density at radius 1 is 1.88 bits per heavy atom. The van der Waals surface area contributed by atoms with Crippen LogP contribution in [0.4, 0.5) is 0 Å². The average molecular weight is 109 g/mol. The first-order valence-electron chi connectivity index (χ1n) is 2.40. The van der Waals surface area contributed by atoms with Crippen molar-refractivity contribution in [1.82, 2.24) is 0 Å². The van der Waals surface area contributed by atoms with Gasteiger partial charge in [0.1, 0.15) is 0 Å². The van der Waals surface area contributed by atoms with Crippen LogP contribution < -0.4 is 0 Å². The largest absolute Gasteiger partial charge is 0.295 e. The highest BCUT2D eigenvalue weighted by Crippen LogP contribution is 1.80. The summed E-state index contributed by atoms with van der Waals surface area (Å²) in [6.45, 7) is 1.75. The summed E-state index contributed by atoms with van der Waals surface area (Å²) in [7, 11) is 0. The van der Waals surface area contributed by atoms with Crippen molar-refractivity contribution in [3.05, 3.63) is 12.2 Å². The molecule has 0 N–H and O–H groups in total. The second kappa shape index (κ2) is 4.07. The number of ketones is 1. The van der Waals surface area contributed by atoms with E-state index in [0.717, 1.165) is 0 Å². The first kappa shape index (κ1) is 6.90. The second-order valence-corrected chi connectivity index (χ2v) is 1.28. The van der Waals surface area contributed by atoms with Crippen LogP contribution in [0, 0.1) is 11.3 Å². The number of rotatable bonds is 2. The zero-order valence-corrected chi connectivity index (χ0v) is 4.72. The summed E-state index contributed by atoms with van der Waals surface area (Å²) in [5, 5.41) is 7.92. The number of allylic oxidation sites excluding steroid dienone is 2. The molecule has 0 saturated heterocycles. The summed E-state index contributed by atoms with van der Waals surface area (Å²) < 4.78 is 0. The number of hydrogen-bond acceptors (Lipinski definition) is 2. The summed E-state index contributed by atoms with van der Waals surface area (Å²) in [6.07, 6.45) is 2.93. The van der Waals surface area contributed by atoms with Crippen molar-refractivity contribution in [2.24, 2.45) is 0 Å². The van der Waals surface area contributed by atoms with Gasteiger partial charge in [0.05, 0.1) is 6.07 Å². The number of carbonyl (C=O) groups excluding carboxylic acids is 1. The van der Waals surface area contributed by atoms with E-state index < -0.39 is 0 Å². The van der Waals surface area contributed by atoms with E-state index in [-0.39, 0.29) is 5.78 Å². The molecule has 0 aromatic heterocycles. The SMILES string of the molecule is CCC(=O)/C=C\C#N. The molecule has 0 aliphatic rings. The van der Waals surface area contributed by atoms with Crippen LogP contribution in [-0.2, 0) is 4.79 Å². The zero-order chi connectivity index (χ0) is 6.41. The van der Waals surface area contributed by atoms with Gasteiger partial charge in [0.25, 0.3) is 0 Å². The molecule has 0 rings (SSSR count). The third-order valence-electron chi connectivity index (χ3n) is 0.692. The van der Waals surface area contributed by atoms with Gasteiger partial charge in [0, 0.05) is 12.5 Å². The lowest BCUT2D eigenvalue weighted by Crippen LogP contribution is -1.85. The maximum atomic E-state index is 10.3. The van der Waals surface area contributed by atoms with Gasteiger partial charge in [-0.2, -0.15) is 5.26 Å². The maximum absolute atomic E-state index is 10.3. The quantitative estimate of drug-likeness (QED) is 0.392. The Morgan fingerprint density at radius 2 is 2.50 bits per heavy atom. The highest BCUT2D eigenvalue weighted by molar-refractivity contribution is 5.89. The predicted molar refractivity (Wildman–Crippen MR) is 30.1 cm³/mol. The molecule has 2 heteroatoms. The van der Waals surface area contributed by atoms with Crippen LogP contribution in [0.25, 0.3) is 0 Å². The van der Waals surface area contributed by atoms with Gasteiger partial charge in [0.15, 0.2) is 5.78 Å². The molecule has 0 aliphatic carbocycles. The van der Waals surface area contributed by atoms with E-state index in [1.54, 1.807) is 13.0 Å². The highest BCUT2D eigenvalue weighted by atomic mass is 16.1. The molecule has 0 aromatic rings. The molecule has 2 nitrogen and oxygen atoms in total. The van der Waals surface area contributed by atoms with Gasteiger partial charge in [-0.1, -0.05) is 6.92 Å². The van der Waals surface area contributed by atoms with Gasteiger partial charge in [-0.15, -0.1) is 0 Å². The minimum atomic E-state index is -0.00782. The average Bonchev–Trinajstić information content (AvgIpc) is 1.83. The fraction of sp³-hybridized carbons (Fsp3) is 0.333. The van der Waals surface area contributed by atoms with E-state index in [4.69, 9.17) is 5.26 Å². The lowest BCUT2D eigenvalue weighted by atomic mass is 10.3. The summed E-state index contributed by atoms with van der Waals surface area (Å²) in [4.78, 5) is 10.3. The van der Waals surface area contributed by atoms with E-state index in [0.29, 0.717) is 6.42 Å². The number of hydrogen-bond donors (Lipinski definition) is 0. The van der Waals surface area contributed by atoms with Crippen molar-refractivity contribution in [3.63, 3.8) is 0 Å². The van der Waals surface area contributed by atoms with Crippen molar-refractivity contribution in [1.29, 1.82) is 5.26 Å². The lowest BCUT2D eigenvalue weighted by molar-refractivity contribution is -0.114. The summed E-state index contributed by atoms with van der Waals surface area (Å²) in [5.74, 6) is -0.00782. The maximum Gasteiger partial charge on any atom is 0.156 e. The van der Waals surface area contributed by atoms with Crippen molar-refractivity contribution in [2.75, 3.05) is 0 Å². The van der Waals surface area contributed by atoms with Gasteiger partial charge < -0.3 is 0 Å². The standard InChI is InChI=1S/C6H7NO/c1-2-6(8)4-3-5-7/h3-4H,2H2,1H3/b4-3-. The molecule has 0 amide bonds. The molecular weight excluding hydrogens is 102 g/mol. The topological polar surface area (TPSA) is 40.9 Å². The molecule has 0 heterocycles. The van der Waals surface area contributed by atoms with Gasteiger partial charge in [-0.05, 0) is 6.08 Å². The fourth-order valence-corrected chi connectivity index (χ4v) is 0.248. The van der Waals surface area contributed by atoms with Crippen LogP contribution in [0.1, 0.15) is 13.3 Å². The van der Waals surface area contributed by atoms with Gasteiger partial charge in [0.2, 0.25) is 0 Å². The Hall–Kier alpha value is -1.10. The van der Waals surface area contributed by atoms with Crippen molar-refractivity contribution in [3.8, 4) is 6.07 Å². The molecule has 0 unspecified atom stereocenters. The third kappa shape index (κ3) is 3.10. The van der Waals surface area contributed by atoms with Crippen molar-refractivity contribution < 1.29 is 4.79 Å². The minimum absolute atomic E-state index is 0.00782. The number of nitrogens with zero attached hydrogens (tertiary/aromatic N) is 1. The summed E-state index contributed by atoms with van der Waals surface area (Å²) in [6, 6.07) is 1.73. The molecular formula is C6H7NO. The highest BCUT2D eigenvalue weighted by Gasteiger charge is 1.85. The summed E-state index contributed by atoms with van der Waals surface area (Å²) >= 11 is 0. The smallest absolute Gasteiger partial charge is 0.156 e. The van der Waals surface area contributed by atoms with Crippen LogP contribution in [0.5, 0.6) is 0 Å². The normalized spacial score (nSPS) is 9.00. The van der Waals surface area contributed by atoms with E-state index in [9.17, 15) is 4.79 Å². The molecule has 0 spiro atoms. The minimum Gasteiger partial charge on any atom is -0.295 e. The second-order valence-electron chi connectivity index (χ2n) is 1.28. The third-order valence-corrected chi connectivity index (χ3v) is 0.692. The molecule has 0 bridgehead atoms. The Morgan fingerprint density at radius 3 is 2.88 bits per heavy atom. The van der Waals surface area contributed by atoms with E-state index in [1.165, 1.54) is 12.2 Å². The molecule has 42 valence electrons. The van der Waals surface area contributed by atoms with E-state index in [2.05, 4.69) is 0 Å². The molecule has 0 saturated carbocycles. The van der Waals surface area contributed by atoms with E-state index >= 15 is 0 Å². The number of nitriles is 1. The first-order chi connectivity index (χ1) is 3.81. The predicted octanol–water partition coefficient (Wildman–Crippen LogP) is 1.05. The zero-order valence-electron chi connectivity index (χ0n) is 4.72. The van der Waals surface area contributed by atoms with E-state index in [1.807, 2.05) is 0 Å². The Balaban J connectivity index is 3.57. The van der Waals surface area contributed by atoms with Crippen molar-refractivity contribution in [2.45, 2.75) is 13.3 Å². The van der Waals surface area contributed by atoms with Crippen LogP contribution in [-0.4, -0.2) is 5.78 Å². The monoisotopic (exact) mass is 109 g/mol. The van der Waals surface area contributed by atoms with Crippen LogP contribution in [0.3, 0.4) is 0 Å². The van der Waals surface area contributed by atoms with Crippen LogP contribution in [0.15, 0.2) is 12.2 Å². The van der Waals surface area contributed by atoms with Crippen LogP contribution >= 0.6 is 0 Å². The molecule has 0 radical (unpaired) electrons. The molecule has 0 aliphatic heterocycles. The molecule has 0 atom stereocenters. The molecule has 8 heavy (non-hydrogen) atoms. The van der Waals surface area contributed by atoms with Gasteiger partial charge >= 0.3 is 0 Å². The van der Waals surface area contributed by atoms with Crippen LogP contribution in [0.2, 0.25) is 0 Å². The number of carbonyl (C=O) groups is 1. The lowest BCUT2D eigenvalue weighted by Gasteiger charge is -1.77. The molecule has 0 fully saturated rings. The van der Waals surface area contributed by atoms with Gasteiger partial charge in [-0.25, -0.2) is 0 Å².